The van der Waals surface area contributed by atoms with Crippen LogP contribution in [0.1, 0.15) is 5.56 Å². The van der Waals surface area contributed by atoms with Crippen molar-refractivity contribution in [1.29, 1.82) is 0 Å². The molecule has 0 bridgehead atoms. The third kappa shape index (κ3) is 2.63. The molecule has 0 amide bonds. The van der Waals surface area contributed by atoms with E-state index in [1.165, 1.54) is 0 Å². The van der Waals surface area contributed by atoms with Gasteiger partial charge in [-0.05, 0) is 29.3 Å². The summed E-state index contributed by atoms with van der Waals surface area (Å²) in [4.78, 5) is 0. The van der Waals surface area contributed by atoms with E-state index in [2.05, 4.69) is 15.9 Å². The van der Waals surface area contributed by atoms with Crippen LogP contribution in [-0.2, 0) is 5.33 Å². The van der Waals surface area contributed by atoms with Crippen LogP contribution in [0.5, 0.6) is 0 Å². The first kappa shape index (κ1) is 13.2. The molecule has 2 rings (SSSR count). The fourth-order valence-electron chi connectivity index (χ4n) is 1.68. The van der Waals surface area contributed by atoms with Crippen molar-refractivity contribution in [3.63, 3.8) is 0 Å². The molecule has 0 aliphatic rings. The molecular formula is C13H8BrCl3. The Morgan fingerprint density at radius 3 is 1.94 bits per heavy atom. The monoisotopic (exact) mass is 348 g/mol. The van der Waals surface area contributed by atoms with E-state index in [0.29, 0.717) is 20.4 Å². The molecule has 0 atom stereocenters. The van der Waals surface area contributed by atoms with Crippen LogP contribution >= 0.6 is 50.7 Å². The molecule has 0 nitrogen and oxygen atoms in total. The first-order chi connectivity index (χ1) is 8.15. The summed E-state index contributed by atoms with van der Waals surface area (Å²) in [7, 11) is 0. The molecule has 0 radical (unpaired) electrons. The van der Waals surface area contributed by atoms with E-state index >= 15 is 0 Å². The molecule has 0 aliphatic carbocycles. The second kappa shape index (κ2) is 5.62. The van der Waals surface area contributed by atoms with Crippen molar-refractivity contribution >= 4 is 50.7 Å². The highest BCUT2D eigenvalue weighted by Crippen LogP contribution is 2.39. The van der Waals surface area contributed by atoms with Crippen molar-refractivity contribution in [1.82, 2.24) is 0 Å². The van der Waals surface area contributed by atoms with Gasteiger partial charge in [0, 0.05) is 26.0 Å². The number of benzene rings is 2. The maximum Gasteiger partial charge on any atom is 0.0499 e. The first-order valence-electron chi connectivity index (χ1n) is 4.93. The van der Waals surface area contributed by atoms with Gasteiger partial charge in [0.15, 0.2) is 0 Å². The summed E-state index contributed by atoms with van der Waals surface area (Å²) in [6.07, 6.45) is 0. The summed E-state index contributed by atoms with van der Waals surface area (Å²) in [5, 5.41) is 2.61. The van der Waals surface area contributed by atoms with Crippen molar-refractivity contribution in [2.45, 2.75) is 5.33 Å². The lowest BCUT2D eigenvalue weighted by Gasteiger charge is -2.12. The van der Waals surface area contributed by atoms with E-state index in [1.54, 1.807) is 0 Å². The lowest BCUT2D eigenvalue weighted by atomic mass is 10.0. The van der Waals surface area contributed by atoms with Crippen LogP contribution in [0.3, 0.4) is 0 Å². The highest BCUT2D eigenvalue weighted by atomic mass is 79.9. The largest absolute Gasteiger partial charge is 0.0875 e. The Kier molecular flexibility index (Phi) is 4.37. The number of hydrogen-bond acceptors (Lipinski definition) is 0. The minimum absolute atomic E-state index is 0.627. The van der Waals surface area contributed by atoms with Gasteiger partial charge < -0.3 is 0 Å². The zero-order chi connectivity index (χ0) is 12.4. The van der Waals surface area contributed by atoms with Gasteiger partial charge in [0.05, 0.1) is 0 Å². The molecule has 0 aromatic heterocycles. The van der Waals surface area contributed by atoms with Crippen molar-refractivity contribution in [3.8, 4) is 11.1 Å². The normalized spacial score (nSPS) is 10.6. The smallest absolute Gasteiger partial charge is 0.0499 e. The van der Waals surface area contributed by atoms with Crippen LogP contribution in [-0.4, -0.2) is 0 Å². The first-order valence-corrected chi connectivity index (χ1v) is 7.18. The van der Waals surface area contributed by atoms with Gasteiger partial charge in [0.25, 0.3) is 0 Å². The summed E-state index contributed by atoms with van der Waals surface area (Å²) in [5.41, 5.74) is 2.78. The Balaban J connectivity index is 2.73. The van der Waals surface area contributed by atoms with Crippen LogP contribution < -0.4 is 0 Å². The van der Waals surface area contributed by atoms with Gasteiger partial charge in [0.1, 0.15) is 0 Å². The van der Waals surface area contributed by atoms with Crippen LogP contribution in [0.25, 0.3) is 11.1 Å². The molecule has 88 valence electrons. The molecule has 17 heavy (non-hydrogen) atoms. The van der Waals surface area contributed by atoms with Gasteiger partial charge in [-0.1, -0.05) is 68.9 Å². The van der Waals surface area contributed by atoms with Crippen molar-refractivity contribution in [3.05, 3.63) is 57.0 Å². The molecule has 0 heterocycles. The average molecular weight is 350 g/mol. The van der Waals surface area contributed by atoms with Gasteiger partial charge in [-0.3, -0.25) is 0 Å². The van der Waals surface area contributed by atoms with Gasteiger partial charge >= 0.3 is 0 Å². The number of alkyl halides is 1. The van der Waals surface area contributed by atoms with Crippen LogP contribution in [0.4, 0.5) is 0 Å². The number of rotatable bonds is 2. The quantitative estimate of drug-likeness (QED) is 0.565. The van der Waals surface area contributed by atoms with Gasteiger partial charge in [-0.2, -0.15) is 0 Å². The molecule has 0 aliphatic heterocycles. The molecule has 0 saturated carbocycles. The molecule has 4 heteroatoms. The predicted molar refractivity (Wildman–Crippen MR) is 79.5 cm³/mol. The summed E-state index contributed by atoms with van der Waals surface area (Å²) in [6.45, 7) is 0. The average Bonchev–Trinajstić information content (AvgIpc) is 2.29. The third-order valence-corrected chi connectivity index (χ3v) is 4.03. The lowest BCUT2D eigenvalue weighted by Crippen LogP contribution is -1.89. The lowest BCUT2D eigenvalue weighted by molar-refractivity contribution is 1.43. The molecule has 0 spiro atoms. The van der Waals surface area contributed by atoms with Crippen LogP contribution in [0.2, 0.25) is 15.1 Å². The van der Waals surface area contributed by atoms with Crippen molar-refractivity contribution in [2.24, 2.45) is 0 Å². The Hall–Kier alpha value is -0.210. The second-order valence-corrected chi connectivity index (χ2v) is 5.28. The zero-order valence-electron chi connectivity index (χ0n) is 8.68. The van der Waals surface area contributed by atoms with Crippen LogP contribution in [0.15, 0.2) is 36.4 Å². The highest BCUT2D eigenvalue weighted by molar-refractivity contribution is 9.08. The van der Waals surface area contributed by atoms with Crippen molar-refractivity contribution < 1.29 is 0 Å². The summed E-state index contributed by atoms with van der Waals surface area (Å²) in [6, 6.07) is 11.2. The summed E-state index contributed by atoms with van der Waals surface area (Å²) >= 11 is 22.0. The molecule has 0 N–H and O–H groups in total. The van der Waals surface area contributed by atoms with Crippen molar-refractivity contribution in [2.75, 3.05) is 0 Å². The van der Waals surface area contributed by atoms with Gasteiger partial charge in [-0.25, -0.2) is 0 Å². The van der Waals surface area contributed by atoms with E-state index in [9.17, 15) is 0 Å². The third-order valence-electron chi connectivity index (χ3n) is 2.48. The summed E-state index contributed by atoms with van der Waals surface area (Å²) < 4.78 is 0. The highest BCUT2D eigenvalue weighted by Gasteiger charge is 2.13. The molecule has 2 aromatic carbocycles. The molecule has 2 aromatic rings. The number of hydrogen-bond donors (Lipinski definition) is 0. The molecule has 0 saturated heterocycles. The molecule has 0 unspecified atom stereocenters. The molecular weight excluding hydrogens is 342 g/mol. The Morgan fingerprint density at radius 2 is 1.35 bits per heavy atom. The van der Waals surface area contributed by atoms with E-state index < -0.39 is 0 Å². The van der Waals surface area contributed by atoms with E-state index in [-0.39, 0.29) is 0 Å². The fourth-order valence-corrected chi connectivity index (χ4v) is 3.29. The molecule has 0 fully saturated rings. The maximum atomic E-state index is 6.20. The van der Waals surface area contributed by atoms with E-state index in [0.717, 1.165) is 16.7 Å². The van der Waals surface area contributed by atoms with Gasteiger partial charge in [0.2, 0.25) is 0 Å². The second-order valence-electron chi connectivity index (χ2n) is 3.50. The maximum absolute atomic E-state index is 6.20. The Morgan fingerprint density at radius 1 is 0.824 bits per heavy atom. The fraction of sp³-hybridized carbons (Fsp3) is 0.0769. The van der Waals surface area contributed by atoms with E-state index in [1.807, 2.05) is 36.4 Å². The van der Waals surface area contributed by atoms with Crippen LogP contribution in [0, 0.1) is 0 Å². The zero-order valence-corrected chi connectivity index (χ0v) is 12.5. The van der Waals surface area contributed by atoms with E-state index in [4.69, 9.17) is 34.8 Å². The predicted octanol–water partition coefficient (Wildman–Crippen LogP) is 6.21. The summed E-state index contributed by atoms with van der Waals surface area (Å²) in [5.74, 6) is 0. The SMILES string of the molecule is Clc1cccc(-c2c(Cl)cccc2Cl)c1CBr. The minimum atomic E-state index is 0.627. The Bertz CT molecular complexity index is 532. The number of halogens is 4. The Labute approximate surface area is 124 Å². The topological polar surface area (TPSA) is 0 Å². The van der Waals surface area contributed by atoms with Gasteiger partial charge in [-0.15, -0.1) is 0 Å². The minimum Gasteiger partial charge on any atom is -0.0875 e. The standard InChI is InChI=1S/C13H8BrCl3/c14-7-9-8(3-1-4-10(9)15)13-11(16)5-2-6-12(13)17/h1-6H,7H2.